The Bertz CT molecular complexity index is 864. The van der Waals surface area contributed by atoms with Crippen LogP contribution in [0.25, 0.3) is 0 Å². The summed E-state index contributed by atoms with van der Waals surface area (Å²) in [7, 11) is 1.68. The Morgan fingerprint density at radius 3 is 2.52 bits per heavy atom. The minimum Gasteiger partial charge on any atom is -0.493 e. The molecular formula is C23H24N2O2. The highest BCUT2D eigenvalue weighted by Gasteiger charge is 2.23. The van der Waals surface area contributed by atoms with Gasteiger partial charge in [0.1, 0.15) is 0 Å². The molecule has 0 N–H and O–H groups in total. The number of para-hydroxylation sites is 1. The van der Waals surface area contributed by atoms with Crippen LogP contribution in [0.1, 0.15) is 18.4 Å². The van der Waals surface area contributed by atoms with E-state index in [2.05, 4.69) is 52.3 Å². The second-order valence-electron chi connectivity index (χ2n) is 6.87. The zero-order valence-corrected chi connectivity index (χ0v) is 15.5. The van der Waals surface area contributed by atoms with Crippen molar-refractivity contribution in [3.63, 3.8) is 0 Å². The van der Waals surface area contributed by atoms with Crippen LogP contribution in [0, 0.1) is 5.92 Å². The van der Waals surface area contributed by atoms with Crippen molar-refractivity contribution in [2.24, 2.45) is 5.92 Å². The van der Waals surface area contributed by atoms with Gasteiger partial charge >= 0.3 is 0 Å². The number of methoxy groups -OCH3 is 1. The van der Waals surface area contributed by atoms with Crippen LogP contribution < -0.4 is 14.4 Å². The molecule has 4 rings (SSSR count). The molecule has 3 aromatic rings. The van der Waals surface area contributed by atoms with Gasteiger partial charge in [-0.25, -0.2) is 0 Å². The van der Waals surface area contributed by atoms with Gasteiger partial charge in [-0.2, -0.15) is 0 Å². The van der Waals surface area contributed by atoms with Crippen molar-refractivity contribution in [3.05, 3.63) is 78.6 Å². The normalized spacial score (nSPS) is 13.2. The number of aromatic nitrogens is 1. The van der Waals surface area contributed by atoms with Gasteiger partial charge in [0.2, 0.25) is 0 Å². The predicted octanol–water partition coefficient (Wildman–Crippen LogP) is 5.22. The quantitative estimate of drug-likeness (QED) is 0.552. The van der Waals surface area contributed by atoms with Gasteiger partial charge in [-0.3, -0.25) is 4.98 Å². The van der Waals surface area contributed by atoms with Gasteiger partial charge in [-0.15, -0.1) is 0 Å². The number of hydrogen-bond donors (Lipinski definition) is 0. The molecule has 1 aliphatic carbocycles. The number of anilines is 2. The minimum atomic E-state index is 0.694. The molecule has 0 bridgehead atoms. The van der Waals surface area contributed by atoms with Gasteiger partial charge < -0.3 is 14.4 Å². The van der Waals surface area contributed by atoms with Gasteiger partial charge in [0.05, 0.1) is 13.7 Å². The molecule has 1 saturated carbocycles. The molecule has 1 heterocycles. The number of ether oxygens (including phenoxy) is 2. The van der Waals surface area contributed by atoms with Gasteiger partial charge in [0, 0.05) is 36.4 Å². The molecule has 0 atom stereocenters. The molecule has 0 amide bonds. The molecule has 0 saturated heterocycles. The SMILES string of the molecule is COc1ccc(N(Cc2cccnc2)c2ccccc2)cc1OCC1CC1. The Balaban J connectivity index is 1.67. The first-order valence-electron chi connectivity index (χ1n) is 9.36. The molecule has 1 aromatic heterocycles. The van der Waals surface area contributed by atoms with E-state index >= 15 is 0 Å². The van der Waals surface area contributed by atoms with Crippen LogP contribution in [-0.2, 0) is 6.54 Å². The summed E-state index contributed by atoms with van der Waals surface area (Å²) >= 11 is 0. The largest absolute Gasteiger partial charge is 0.493 e. The Morgan fingerprint density at radius 1 is 0.963 bits per heavy atom. The standard InChI is InChI=1S/C23H24N2O2/c1-26-22-12-11-21(14-23(22)27-17-18-9-10-18)25(20-7-3-2-4-8-20)16-19-6-5-13-24-15-19/h2-8,11-15,18H,9-10,16-17H2,1H3. The lowest BCUT2D eigenvalue weighted by atomic mass is 10.2. The fourth-order valence-electron chi connectivity index (χ4n) is 3.05. The van der Waals surface area contributed by atoms with Crippen molar-refractivity contribution in [3.8, 4) is 11.5 Å². The second-order valence-corrected chi connectivity index (χ2v) is 6.87. The number of pyridine rings is 1. The molecule has 138 valence electrons. The van der Waals surface area contributed by atoms with Crippen molar-refractivity contribution < 1.29 is 9.47 Å². The maximum absolute atomic E-state index is 6.06. The molecular weight excluding hydrogens is 336 g/mol. The van der Waals surface area contributed by atoms with Crippen molar-refractivity contribution in [1.82, 2.24) is 4.98 Å². The summed E-state index contributed by atoms with van der Waals surface area (Å²) in [5.74, 6) is 2.27. The van der Waals surface area contributed by atoms with E-state index in [4.69, 9.17) is 9.47 Å². The van der Waals surface area contributed by atoms with E-state index in [-0.39, 0.29) is 0 Å². The fraction of sp³-hybridized carbons (Fsp3) is 0.261. The Morgan fingerprint density at radius 2 is 1.81 bits per heavy atom. The lowest BCUT2D eigenvalue weighted by Gasteiger charge is -2.26. The number of benzene rings is 2. The second kappa shape index (κ2) is 8.12. The lowest BCUT2D eigenvalue weighted by Crippen LogP contribution is -2.16. The van der Waals surface area contributed by atoms with E-state index < -0.39 is 0 Å². The fourth-order valence-corrected chi connectivity index (χ4v) is 3.05. The summed E-state index contributed by atoms with van der Waals surface area (Å²) in [5, 5.41) is 0. The van der Waals surface area contributed by atoms with Gasteiger partial charge in [-0.1, -0.05) is 24.3 Å². The number of nitrogens with zero attached hydrogens (tertiary/aromatic N) is 2. The molecule has 2 aromatic carbocycles. The summed E-state index contributed by atoms with van der Waals surface area (Å²) in [4.78, 5) is 6.52. The summed E-state index contributed by atoms with van der Waals surface area (Å²) in [6.45, 7) is 1.49. The maximum atomic E-state index is 6.06. The molecule has 1 fully saturated rings. The van der Waals surface area contributed by atoms with E-state index in [0.717, 1.165) is 41.6 Å². The van der Waals surface area contributed by atoms with Crippen molar-refractivity contribution in [2.45, 2.75) is 19.4 Å². The predicted molar refractivity (Wildman–Crippen MR) is 108 cm³/mol. The highest BCUT2D eigenvalue weighted by molar-refractivity contribution is 5.66. The van der Waals surface area contributed by atoms with Gasteiger partial charge in [0.25, 0.3) is 0 Å². The molecule has 4 heteroatoms. The average Bonchev–Trinajstić information content (AvgIpc) is 3.56. The molecule has 4 nitrogen and oxygen atoms in total. The van der Waals surface area contributed by atoms with Crippen molar-refractivity contribution in [1.29, 1.82) is 0 Å². The Kier molecular flexibility index (Phi) is 5.24. The van der Waals surface area contributed by atoms with Crippen LogP contribution in [0.2, 0.25) is 0 Å². The molecule has 1 aliphatic rings. The van der Waals surface area contributed by atoms with Crippen LogP contribution in [0.5, 0.6) is 11.5 Å². The average molecular weight is 360 g/mol. The minimum absolute atomic E-state index is 0.694. The lowest BCUT2D eigenvalue weighted by molar-refractivity contribution is 0.280. The van der Waals surface area contributed by atoms with Crippen LogP contribution in [0.15, 0.2) is 73.1 Å². The summed E-state index contributed by atoms with van der Waals surface area (Å²) in [6.07, 6.45) is 6.23. The van der Waals surface area contributed by atoms with Crippen LogP contribution in [0.4, 0.5) is 11.4 Å². The highest BCUT2D eigenvalue weighted by atomic mass is 16.5. The van der Waals surface area contributed by atoms with E-state index in [1.165, 1.54) is 12.8 Å². The zero-order valence-electron chi connectivity index (χ0n) is 15.5. The van der Waals surface area contributed by atoms with Crippen molar-refractivity contribution >= 4 is 11.4 Å². The van der Waals surface area contributed by atoms with Crippen LogP contribution in [-0.4, -0.2) is 18.7 Å². The zero-order chi connectivity index (χ0) is 18.5. The maximum Gasteiger partial charge on any atom is 0.163 e. The third-order valence-corrected chi connectivity index (χ3v) is 4.76. The van der Waals surface area contributed by atoms with Gasteiger partial charge in [-0.05, 0) is 54.7 Å². The molecule has 27 heavy (non-hydrogen) atoms. The van der Waals surface area contributed by atoms with Crippen LogP contribution in [0.3, 0.4) is 0 Å². The summed E-state index contributed by atoms with van der Waals surface area (Å²) in [5.41, 5.74) is 3.34. The summed E-state index contributed by atoms with van der Waals surface area (Å²) in [6, 6.07) is 20.6. The molecule has 0 radical (unpaired) electrons. The first-order valence-corrected chi connectivity index (χ1v) is 9.36. The number of rotatable bonds is 8. The molecule has 0 unspecified atom stereocenters. The third kappa shape index (κ3) is 4.40. The van der Waals surface area contributed by atoms with E-state index in [0.29, 0.717) is 5.92 Å². The summed E-state index contributed by atoms with van der Waals surface area (Å²) < 4.78 is 11.6. The van der Waals surface area contributed by atoms with E-state index in [1.54, 1.807) is 13.3 Å². The van der Waals surface area contributed by atoms with E-state index in [9.17, 15) is 0 Å². The Labute approximate surface area is 160 Å². The smallest absolute Gasteiger partial charge is 0.163 e. The molecule has 0 spiro atoms. The van der Waals surface area contributed by atoms with E-state index in [1.807, 2.05) is 24.4 Å². The first-order chi connectivity index (χ1) is 13.3. The number of hydrogen-bond acceptors (Lipinski definition) is 4. The monoisotopic (exact) mass is 360 g/mol. The van der Waals surface area contributed by atoms with Crippen molar-refractivity contribution in [2.75, 3.05) is 18.6 Å². The Hall–Kier alpha value is -3.01. The molecule has 0 aliphatic heterocycles. The van der Waals surface area contributed by atoms with Crippen LogP contribution >= 0.6 is 0 Å². The highest BCUT2D eigenvalue weighted by Crippen LogP contribution is 2.37. The topological polar surface area (TPSA) is 34.6 Å². The first kappa shape index (κ1) is 17.4. The van der Waals surface area contributed by atoms with Gasteiger partial charge in [0.15, 0.2) is 11.5 Å². The third-order valence-electron chi connectivity index (χ3n) is 4.76.